The molecule has 10 heteroatoms. The van der Waals surface area contributed by atoms with Crippen molar-refractivity contribution in [2.75, 3.05) is 51.1 Å². The molecule has 3 aliphatic rings. The molecule has 0 spiro atoms. The summed E-state index contributed by atoms with van der Waals surface area (Å²) in [5.74, 6) is 0.625. The molecule has 9 nitrogen and oxygen atoms in total. The Hall–Kier alpha value is -3.17. The number of piperidine rings is 1. The third-order valence-corrected chi connectivity index (χ3v) is 8.10. The topological polar surface area (TPSA) is 90.1 Å². The highest BCUT2D eigenvalue weighted by Crippen LogP contribution is 2.28. The van der Waals surface area contributed by atoms with Gasteiger partial charge in [0.15, 0.2) is 0 Å². The predicted octanol–water partition coefficient (Wildman–Crippen LogP) is 4.60. The van der Waals surface area contributed by atoms with Gasteiger partial charge in [-0.2, -0.15) is 0 Å². The lowest BCUT2D eigenvalue weighted by molar-refractivity contribution is 0.0244. The Labute approximate surface area is 235 Å². The summed E-state index contributed by atoms with van der Waals surface area (Å²) in [4.78, 5) is 24.6. The van der Waals surface area contributed by atoms with Crippen molar-refractivity contribution in [3.8, 4) is 0 Å². The number of allylic oxidation sites excluding steroid dienone is 3. The van der Waals surface area contributed by atoms with Crippen LogP contribution in [0.15, 0.2) is 51.5 Å². The number of amides is 1. The highest BCUT2D eigenvalue weighted by molar-refractivity contribution is 6.30. The minimum Gasteiger partial charge on any atom is -0.404 e. The van der Waals surface area contributed by atoms with Gasteiger partial charge in [0.1, 0.15) is 0 Å². The van der Waals surface area contributed by atoms with Gasteiger partial charge in [-0.15, -0.1) is 5.10 Å². The zero-order chi connectivity index (χ0) is 27.4. The Morgan fingerprint density at radius 3 is 2.49 bits per heavy atom. The second-order valence-electron chi connectivity index (χ2n) is 10.4. The highest BCUT2D eigenvalue weighted by Gasteiger charge is 2.35. The number of likely N-dealkylation sites (tertiary alicyclic amines) is 1. The van der Waals surface area contributed by atoms with Gasteiger partial charge in [-0.3, -0.25) is 14.7 Å². The van der Waals surface area contributed by atoms with Crippen molar-refractivity contribution in [1.82, 2.24) is 24.9 Å². The molecule has 2 fully saturated rings. The smallest absolute Gasteiger partial charge is 0.315 e. The third-order valence-electron chi connectivity index (χ3n) is 7.85. The van der Waals surface area contributed by atoms with Gasteiger partial charge < -0.3 is 19.5 Å². The molecule has 2 aromatic rings. The van der Waals surface area contributed by atoms with Crippen molar-refractivity contribution in [3.63, 3.8) is 0 Å². The van der Waals surface area contributed by atoms with E-state index >= 15 is 0 Å². The molecule has 0 radical (unpaired) electrons. The van der Waals surface area contributed by atoms with Crippen LogP contribution in [0.3, 0.4) is 0 Å². The molecule has 1 aromatic carbocycles. The van der Waals surface area contributed by atoms with E-state index in [-0.39, 0.29) is 5.91 Å². The maximum absolute atomic E-state index is 13.0. The van der Waals surface area contributed by atoms with Gasteiger partial charge in [0.25, 0.3) is 5.91 Å². The van der Waals surface area contributed by atoms with E-state index in [1.807, 2.05) is 30.9 Å². The average molecular weight is 552 g/mol. The maximum Gasteiger partial charge on any atom is 0.315 e. The van der Waals surface area contributed by atoms with E-state index in [1.165, 1.54) is 5.70 Å². The first kappa shape index (κ1) is 27.4. The average Bonchev–Trinajstić information content (AvgIpc) is 3.70. The van der Waals surface area contributed by atoms with Gasteiger partial charge in [0.05, 0.1) is 18.0 Å². The zero-order valence-electron chi connectivity index (χ0n) is 23.1. The first-order valence-electron chi connectivity index (χ1n) is 14.0. The Morgan fingerprint density at radius 1 is 1.08 bits per heavy atom. The number of nitrogens with zero attached hydrogens (tertiary/aromatic N) is 6. The number of halogens is 1. The lowest BCUT2D eigenvalue weighted by Crippen LogP contribution is -2.58. The SMILES string of the molecule is CCNc1nnc(/C(C)=C/C=C(\C2=NC2)N2CCN(C3CCN(C(=O)c4ccc(Cl)cc4)CC3)[C@@H](CC)C2)o1. The van der Waals surface area contributed by atoms with E-state index in [2.05, 4.69) is 49.4 Å². The molecule has 0 unspecified atom stereocenters. The minimum atomic E-state index is 0.101. The molecule has 208 valence electrons. The summed E-state index contributed by atoms with van der Waals surface area (Å²) in [7, 11) is 0. The fraction of sp³-hybridized carbons (Fsp3) is 0.517. The fourth-order valence-electron chi connectivity index (χ4n) is 5.57. The molecule has 5 rings (SSSR count). The summed E-state index contributed by atoms with van der Waals surface area (Å²) in [6.07, 6.45) is 7.31. The second-order valence-corrected chi connectivity index (χ2v) is 10.8. The molecular weight excluding hydrogens is 514 g/mol. The Bertz CT molecular complexity index is 1240. The van der Waals surface area contributed by atoms with Crippen LogP contribution in [0.5, 0.6) is 0 Å². The predicted molar refractivity (Wildman–Crippen MR) is 155 cm³/mol. The molecule has 4 heterocycles. The number of aromatic nitrogens is 2. The molecule has 0 saturated carbocycles. The summed E-state index contributed by atoms with van der Waals surface area (Å²) >= 11 is 5.99. The van der Waals surface area contributed by atoms with Crippen molar-refractivity contribution < 1.29 is 9.21 Å². The van der Waals surface area contributed by atoms with Gasteiger partial charge in [0.2, 0.25) is 5.89 Å². The summed E-state index contributed by atoms with van der Waals surface area (Å²) in [6, 6.07) is 8.61. The summed E-state index contributed by atoms with van der Waals surface area (Å²) in [5.41, 5.74) is 4.00. The van der Waals surface area contributed by atoms with Crippen LogP contribution in [0.1, 0.15) is 56.3 Å². The maximum atomic E-state index is 13.0. The second kappa shape index (κ2) is 12.3. The minimum absolute atomic E-state index is 0.101. The number of benzene rings is 1. The number of hydrogen-bond donors (Lipinski definition) is 1. The van der Waals surface area contributed by atoms with E-state index in [0.717, 1.165) is 76.4 Å². The van der Waals surface area contributed by atoms with Crippen LogP contribution in [-0.2, 0) is 0 Å². The van der Waals surface area contributed by atoms with Crippen molar-refractivity contribution in [2.45, 2.75) is 52.1 Å². The zero-order valence-corrected chi connectivity index (χ0v) is 23.8. The fourth-order valence-corrected chi connectivity index (χ4v) is 5.70. The van der Waals surface area contributed by atoms with Gasteiger partial charge in [-0.05, 0) is 63.5 Å². The molecule has 3 aliphatic heterocycles. The van der Waals surface area contributed by atoms with Crippen LogP contribution in [0.4, 0.5) is 6.01 Å². The van der Waals surface area contributed by atoms with Gasteiger partial charge in [0, 0.05) is 67.5 Å². The van der Waals surface area contributed by atoms with Crippen LogP contribution in [0, 0.1) is 0 Å². The van der Waals surface area contributed by atoms with Gasteiger partial charge >= 0.3 is 6.01 Å². The van der Waals surface area contributed by atoms with Crippen molar-refractivity contribution in [2.24, 2.45) is 4.99 Å². The molecule has 0 bridgehead atoms. The number of carbonyl (C=O) groups is 1. The van der Waals surface area contributed by atoms with Crippen LogP contribution in [0.2, 0.25) is 5.02 Å². The molecule has 1 atom stereocenters. The van der Waals surface area contributed by atoms with Crippen molar-refractivity contribution in [3.05, 3.63) is 58.6 Å². The largest absolute Gasteiger partial charge is 0.404 e. The standard InChI is InChI=1S/C29H38ClN7O2/c1-4-23-19-36(26(25-18-32-25)11-6-20(3)27-33-34-29(39-27)31-5-2)16-17-37(23)24-12-14-35(15-13-24)28(38)21-7-9-22(30)10-8-21/h6-11,23-24H,4-5,12-19H2,1-3H3,(H,31,34)/b20-6+,26-11+/t23-/m0/s1. The summed E-state index contributed by atoms with van der Waals surface area (Å²) in [5, 5.41) is 11.9. The highest BCUT2D eigenvalue weighted by atomic mass is 35.5. The number of carbonyl (C=O) groups excluding carboxylic acids is 1. The summed E-state index contributed by atoms with van der Waals surface area (Å²) < 4.78 is 5.70. The first-order valence-corrected chi connectivity index (χ1v) is 14.4. The van der Waals surface area contributed by atoms with Crippen LogP contribution < -0.4 is 5.32 Å². The van der Waals surface area contributed by atoms with E-state index in [1.54, 1.807) is 12.1 Å². The normalized spacial score (nSPS) is 21.2. The van der Waals surface area contributed by atoms with Crippen LogP contribution >= 0.6 is 11.6 Å². The van der Waals surface area contributed by atoms with Crippen LogP contribution in [0.25, 0.3) is 5.57 Å². The van der Waals surface area contributed by atoms with E-state index in [4.69, 9.17) is 16.0 Å². The molecule has 0 aliphatic carbocycles. The molecule has 2 saturated heterocycles. The third kappa shape index (κ3) is 6.53. The lowest BCUT2D eigenvalue weighted by Gasteiger charge is -2.48. The number of nitrogens with one attached hydrogen (secondary N) is 1. The number of aliphatic imine (C=N–C) groups is 1. The first-order chi connectivity index (χ1) is 19.0. The molecular formula is C29H38ClN7O2. The summed E-state index contributed by atoms with van der Waals surface area (Å²) in [6.45, 7) is 12.3. The van der Waals surface area contributed by atoms with Crippen molar-refractivity contribution in [1.29, 1.82) is 0 Å². The lowest BCUT2D eigenvalue weighted by atomic mass is 9.97. The van der Waals surface area contributed by atoms with E-state index in [0.29, 0.717) is 34.6 Å². The monoisotopic (exact) mass is 551 g/mol. The number of anilines is 1. The van der Waals surface area contributed by atoms with Crippen molar-refractivity contribution >= 4 is 34.8 Å². The molecule has 1 amide bonds. The quantitative estimate of drug-likeness (QED) is 0.456. The Morgan fingerprint density at radius 2 is 1.82 bits per heavy atom. The van der Waals surface area contributed by atoms with E-state index in [9.17, 15) is 4.79 Å². The number of rotatable bonds is 9. The van der Waals surface area contributed by atoms with Crippen LogP contribution in [-0.4, -0.2) is 94.4 Å². The molecule has 1 aromatic heterocycles. The number of piperazine rings is 1. The molecule has 1 N–H and O–H groups in total. The Balaban J connectivity index is 1.20. The number of hydrogen-bond acceptors (Lipinski definition) is 8. The van der Waals surface area contributed by atoms with E-state index < -0.39 is 0 Å². The Kier molecular flexibility index (Phi) is 8.67. The molecule has 39 heavy (non-hydrogen) atoms. The van der Waals surface area contributed by atoms with Gasteiger partial charge in [-0.25, -0.2) is 0 Å². The van der Waals surface area contributed by atoms with Gasteiger partial charge in [-0.1, -0.05) is 29.7 Å².